The zero-order chi connectivity index (χ0) is 29.1. The lowest BCUT2D eigenvalue weighted by atomic mass is 9.99. The lowest BCUT2D eigenvalue weighted by Crippen LogP contribution is -2.49. The van der Waals surface area contributed by atoms with Gasteiger partial charge in [-0.2, -0.15) is 0 Å². The Morgan fingerprint density at radius 3 is 2.74 bits per heavy atom. The number of anilines is 1. The number of nitrogens with zero attached hydrogens (tertiary/aromatic N) is 4. The predicted octanol–water partition coefficient (Wildman–Crippen LogP) is 3.23. The van der Waals surface area contributed by atoms with E-state index < -0.39 is 11.9 Å². The number of aryl methyl sites for hydroxylation is 1. The average Bonchev–Trinajstić information content (AvgIpc) is 3.65. The number of amides is 2. The number of aromatic amines is 1. The van der Waals surface area contributed by atoms with E-state index in [-0.39, 0.29) is 24.1 Å². The third kappa shape index (κ3) is 5.97. The van der Waals surface area contributed by atoms with Gasteiger partial charge in [0.25, 0.3) is 11.8 Å². The van der Waals surface area contributed by atoms with E-state index in [0.29, 0.717) is 49.5 Å². The maximum Gasteiger partial charge on any atom is 0.291 e. The molecule has 6 rings (SSSR count). The van der Waals surface area contributed by atoms with Crippen LogP contribution in [0.25, 0.3) is 0 Å². The first-order valence-corrected chi connectivity index (χ1v) is 13.9. The second kappa shape index (κ2) is 11.8. The highest BCUT2D eigenvalue weighted by Crippen LogP contribution is 2.32. The average molecular weight is 563 g/mol. The van der Waals surface area contributed by atoms with E-state index in [9.17, 15) is 14.4 Å². The fourth-order valence-electron chi connectivity index (χ4n) is 5.16. The summed E-state index contributed by atoms with van der Waals surface area (Å²) in [4.78, 5) is 49.0. The minimum atomic E-state index is -0.922. The van der Waals surface area contributed by atoms with Crippen LogP contribution in [0.15, 0.2) is 71.7 Å². The molecular formula is C32H30N6O4. The largest absolute Gasteiger partial charge is 0.489 e. The molecule has 10 nitrogen and oxygen atoms in total. The highest BCUT2D eigenvalue weighted by atomic mass is 16.5. The third-order valence-electron chi connectivity index (χ3n) is 7.47. The number of rotatable bonds is 9. The number of hydrogen-bond donors (Lipinski definition) is 2. The molecule has 0 radical (unpaired) electrons. The number of nitrogens with one attached hydrogen (secondary N) is 2. The quantitative estimate of drug-likeness (QED) is 0.322. The number of likely N-dealkylation sites (N-methyl/N-ethyl adjacent to an activating group) is 1. The van der Waals surface area contributed by atoms with Crippen molar-refractivity contribution in [2.75, 3.05) is 18.6 Å². The minimum Gasteiger partial charge on any atom is -0.489 e. The Balaban J connectivity index is 1.05. The molecule has 0 spiro atoms. The van der Waals surface area contributed by atoms with Crippen LogP contribution in [0.5, 0.6) is 5.75 Å². The standard InChI is InChI=1S/C32H30N6O4/c1-38-27-15-21(8-11-25(39)14-22-7-10-23-17-33-18-24(23)13-22)9-12-28(27)42-19-26(32(38)41)34-31(40)30-35-29(36-37-30)16-20-5-3-2-4-6-20/h2-7,9-10,12-13,15,17,26H,8,11,14,16,18-19H2,1H3,(H,34,40)(H,35,36,37)/t26-/m1/s1. The molecule has 1 aromatic heterocycles. The summed E-state index contributed by atoms with van der Waals surface area (Å²) in [5, 5.41) is 9.52. The SMILES string of the molecule is CN1C(=O)[C@H](NC(=O)c2n[nH]c(Cc3ccccc3)n2)COc2ccc(CCC(=O)Cc3ccc4c(c3)CN=C4)cc21. The van der Waals surface area contributed by atoms with E-state index in [1.54, 1.807) is 13.1 Å². The highest BCUT2D eigenvalue weighted by Gasteiger charge is 2.32. The van der Waals surface area contributed by atoms with Gasteiger partial charge < -0.3 is 15.0 Å². The fraction of sp³-hybridized carbons (Fsp3) is 0.250. The Morgan fingerprint density at radius 1 is 1.05 bits per heavy atom. The lowest BCUT2D eigenvalue weighted by molar-refractivity contribution is -0.120. The third-order valence-corrected chi connectivity index (χ3v) is 7.47. The van der Waals surface area contributed by atoms with Crippen molar-refractivity contribution >= 4 is 29.5 Å². The fourth-order valence-corrected chi connectivity index (χ4v) is 5.16. The highest BCUT2D eigenvalue weighted by molar-refractivity contribution is 6.02. The normalized spacial score (nSPS) is 15.5. The maximum atomic E-state index is 13.3. The first-order valence-electron chi connectivity index (χ1n) is 13.9. The van der Waals surface area contributed by atoms with Crippen molar-refractivity contribution in [2.24, 2.45) is 4.99 Å². The summed E-state index contributed by atoms with van der Waals surface area (Å²) in [6.07, 6.45) is 3.66. The summed E-state index contributed by atoms with van der Waals surface area (Å²) in [6, 6.07) is 20.4. The zero-order valence-corrected chi connectivity index (χ0v) is 23.2. The number of aromatic nitrogens is 3. The Labute approximate surface area is 242 Å². The van der Waals surface area contributed by atoms with Crippen molar-refractivity contribution in [3.63, 3.8) is 0 Å². The van der Waals surface area contributed by atoms with Crippen LogP contribution in [0.1, 0.15) is 50.7 Å². The summed E-state index contributed by atoms with van der Waals surface area (Å²) in [7, 11) is 1.65. The van der Waals surface area contributed by atoms with Gasteiger partial charge in [0.2, 0.25) is 5.82 Å². The molecule has 1 atom stereocenters. The summed E-state index contributed by atoms with van der Waals surface area (Å²) >= 11 is 0. The molecule has 0 fully saturated rings. The molecule has 0 saturated heterocycles. The Morgan fingerprint density at radius 2 is 1.88 bits per heavy atom. The number of Topliss-reactive ketones (excluding diaryl/α,β-unsaturated/α-hetero) is 1. The Kier molecular flexibility index (Phi) is 7.59. The van der Waals surface area contributed by atoms with Gasteiger partial charge in [-0.3, -0.25) is 24.5 Å². The van der Waals surface area contributed by atoms with E-state index in [0.717, 1.165) is 27.8 Å². The molecule has 2 N–H and O–H groups in total. The van der Waals surface area contributed by atoms with Crippen molar-refractivity contribution in [1.29, 1.82) is 0 Å². The molecule has 212 valence electrons. The summed E-state index contributed by atoms with van der Waals surface area (Å²) < 4.78 is 5.92. The van der Waals surface area contributed by atoms with Crippen LogP contribution < -0.4 is 15.0 Å². The number of ketones is 1. The molecule has 42 heavy (non-hydrogen) atoms. The van der Waals surface area contributed by atoms with Crippen molar-refractivity contribution < 1.29 is 19.1 Å². The number of carbonyl (C=O) groups is 3. The summed E-state index contributed by atoms with van der Waals surface area (Å²) in [6.45, 7) is 0.633. The van der Waals surface area contributed by atoms with Gasteiger partial charge in [0.15, 0.2) is 0 Å². The van der Waals surface area contributed by atoms with Crippen LogP contribution in [0.4, 0.5) is 5.69 Å². The zero-order valence-electron chi connectivity index (χ0n) is 23.2. The van der Waals surface area contributed by atoms with Crippen LogP contribution >= 0.6 is 0 Å². The molecule has 0 aliphatic carbocycles. The second-order valence-corrected chi connectivity index (χ2v) is 10.5. The molecule has 2 amide bonds. The molecule has 2 aliphatic heterocycles. The van der Waals surface area contributed by atoms with Gasteiger partial charge in [-0.25, -0.2) is 4.98 Å². The van der Waals surface area contributed by atoms with Crippen molar-refractivity contribution in [3.05, 3.63) is 106 Å². The number of aliphatic imine (C=N–C) groups is 1. The van der Waals surface area contributed by atoms with E-state index in [2.05, 4.69) is 31.6 Å². The second-order valence-electron chi connectivity index (χ2n) is 10.5. The van der Waals surface area contributed by atoms with E-state index in [4.69, 9.17) is 4.74 Å². The van der Waals surface area contributed by atoms with Crippen LogP contribution in [0.2, 0.25) is 0 Å². The molecule has 2 aliphatic rings. The van der Waals surface area contributed by atoms with Gasteiger partial charge in [0.1, 0.15) is 30.0 Å². The Hall–Kier alpha value is -5.12. The number of hydrogen-bond acceptors (Lipinski definition) is 7. The first-order chi connectivity index (χ1) is 20.4. The van der Waals surface area contributed by atoms with Crippen LogP contribution in [-0.2, 0) is 35.4 Å². The van der Waals surface area contributed by atoms with E-state index >= 15 is 0 Å². The van der Waals surface area contributed by atoms with Gasteiger partial charge in [-0.1, -0.05) is 54.6 Å². The minimum absolute atomic E-state index is 0.0349. The topological polar surface area (TPSA) is 130 Å². The van der Waals surface area contributed by atoms with Crippen LogP contribution in [0.3, 0.4) is 0 Å². The predicted molar refractivity (Wildman–Crippen MR) is 157 cm³/mol. The number of benzene rings is 3. The van der Waals surface area contributed by atoms with Gasteiger partial charge in [0.05, 0.1) is 12.2 Å². The lowest BCUT2D eigenvalue weighted by Gasteiger charge is -2.20. The van der Waals surface area contributed by atoms with Gasteiger partial charge in [0, 0.05) is 32.5 Å². The smallest absolute Gasteiger partial charge is 0.291 e. The van der Waals surface area contributed by atoms with Gasteiger partial charge in [-0.05, 0) is 46.4 Å². The molecule has 0 unspecified atom stereocenters. The molecule has 3 aromatic carbocycles. The van der Waals surface area contributed by atoms with Gasteiger partial charge >= 0.3 is 0 Å². The Bertz CT molecular complexity index is 1680. The number of fused-ring (bicyclic) bond motifs is 2. The molecule has 3 heterocycles. The summed E-state index contributed by atoms with van der Waals surface area (Å²) in [5.41, 5.74) is 5.80. The number of H-pyrrole nitrogens is 1. The van der Waals surface area contributed by atoms with Crippen molar-refractivity contribution in [3.8, 4) is 5.75 Å². The monoisotopic (exact) mass is 562 g/mol. The molecule has 4 aromatic rings. The molecule has 0 bridgehead atoms. The van der Waals surface area contributed by atoms with Crippen molar-refractivity contribution in [2.45, 2.75) is 38.3 Å². The van der Waals surface area contributed by atoms with E-state index in [1.807, 2.05) is 60.8 Å². The van der Waals surface area contributed by atoms with Crippen LogP contribution in [-0.4, -0.2) is 58.7 Å². The maximum absolute atomic E-state index is 13.3. The molecule has 0 saturated carbocycles. The van der Waals surface area contributed by atoms with Gasteiger partial charge in [-0.15, -0.1) is 5.10 Å². The first kappa shape index (κ1) is 27.1. The van der Waals surface area contributed by atoms with E-state index in [1.165, 1.54) is 4.90 Å². The summed E-state index contributed by atoms with van der Waals surface area (Å²) in [5.74, 6) is 0.288. The molecular weight excluding hydrogens is 532 g/mol. The number of carbonyl (C=O) groups excluding carboxylic acids is 3. The van der Waals surface area contributed by atoms with Crippen molar-refractivity contribution in [1.82, 2.24) is 20.5 Å². The molecule has 10 heteroatoms. The van der Waals surface area contributed by atoms with Crippen LogP contribution in [0, 0.1) is 0 Å². The number of ether oxygens (including phenoxy) is 1.